The number of nitrogens with zero attached hydrogens (tertiary/aromatic N) is 4. The summed E-state index contributed by atoms with van der Waals surface area (Å²) in [7, 11) is -3.36. The first kappa shape index (κ1) is 25.6. The zero-order chi connectivity index (χ0) is 26.3. The molecule has 2 bridgehead atoms. The Labute approximate surface area is 209 Å². The van der Waals surface area contributed by atoms with Crippen LogP contribution in [-0.4, -0.2) is 64.3 Å². The number of hydrogen-bond donors (Lipinski definition) is 2. The van der Waals surface area contributed by atoms with E-state index in [1.165, 1.54) is 30.6 Å². The first-order chi connectivity index (χ1) is 16.8. The monoisotopic (exact) mass is 518 g/mol. The van der Waals surface area contributed by atoms with Crippen LogP contribution in [0.4, 0.5) is 27.8 Å². The van der Waals surface area contributed by atoms with Gasteiger partial charge < -0.3 is 20.3 Å². The highest BCUT2D eigenvalue weighted by atomic mass is 32.2. The summed E-state index contributed by atoms with van der Waals surface area (Å²) in [5.74, 6) is 0.0687. The molecule has 0 unspecified atom stereocenters. The zero-order valence-electron chi connectivity index (χ0n) is 20.6. The smallest absolute Gasteiger partial charge is 0.410 e. The van der Waals surface area contributed by atoms with E-state index in [1.807, 2.05) is 25.7 Å². The second kappa shape index (κ2) is 9.52. The molecule has 194 valence electrons. The molecule has 4 rings (SSSR count). The average molecular weight is 519 g/mol. The summed E-state index contributed by atoms with van der Waals surface area (Å²) in [4.78, 5) is 34.2. The largest absolute Gasteiger partial charge is 0.444 e. The average Bonchev–Trinajstić information content (AvgIpc) is 3.03. The number of benzene rings is 1. The van der Waals surface area contributed by atoms with Crippen molar-refractivity contribution in [2.45, 2.75) is 75.1 Å². The lowest BCUT2D eigenvalue weighted by Gasteiger charge is -2.39. The Kier molecular flexibility index (Phi) is 6.78. The van der Waals surface area contributed by atoms with E-state index in [0.29, 0.717) is 18.5 Å². The summed E-state index contributed by atoms with van der Waals surface area (Å²) in [5, 5.41) is 18.1. The normalized spacial score (nSPS) is 21.7. The lowest BCUT2D eigenvalue weighted by atomic mass is 9.97. The maximum atomic E-state index is 12.7. The molecule has 2 atom stereocenters. The van der Waals surface area contributed by atoms with Gasteiger partial charge in [0.25, 0.3) is 0 Å². The number of ether oxygens (including phenoxy) is 1. The summed E-state index contributed by atoms with van der Waals surface area (Å²) in [5.41, 5.74) is -0.452. The van der Waals surface area contributed by atoms with E-state index in [2.05, 4.69) is 20.6 Å². The predicted octanol–water partition coefficient (Wildman–Crippen LogP) is 3.87. The third-order valence-electron chi connectivity index (χ3n) is 6.23. The maximum absolute atomic E-state index is 12.7. The Morgan fingerprint density at radius 3 is 2.22 bits per heavy atom. The lowest BCUT2D eigenvalue weighted by molar-refractivity contribution is -0.383. The Bertz CT molecular complexity index is 1250. The van der Waals surface area contributed by atoms with Crippen molar-refractivity contribution < 1.29 is 22.9 Å². The lowest BCUT2D eigenvalue weighted by Crippen LogP contribution is -2.51. The molecule has 2 saturated heterocycles. The van der Waals surface area contributed by atoms with Crippen LogP contribution in [-0.2, 0) is 14.6 Å². The number of aromatic nitrogens is 2. The molecule has 1 amide bonds. The Morgan fingerprint density at radius 1 is 1.11 bits per heavy atom. The quantitative estimate of drug-likeness (QED) is 0.425. The van der Waals surface area contributed by atoms with Gasteiger partial charge in [-0.2, -0.15) is 0 Å². The number of amides is 1. The van der Waals surface area contributed by atoms with Crippen LogP contribution in [0, 0.1) is 10.1 Å². The van der Waals surface area contributed by atoms with Gasteiger partial charge in [-0.15, -0.1) is 0 Å². The van der Waals surface area contributed by atoms with Gasteiger partial charge in [-0.25, -0.2) is 23.2 Å². The number of carbonyl (C=O) groups is 1. The van der Waals surface area contributed by atoms with E-state index in [0.717, 1.165) is 19.1 Å². The van der Waals surface area contributed by atoms with Gasteiger partial charge in [0.15, 0.2) is 9.84 Å². The Balaban J connectivity index is 1.51. The van der Waals surface area contributed by atoms with Crippen LogP contribution in [0.3, 0.4) is 0 Å². The highest BCUT2D eigenvalue weighted by Crippen LogP contribution is 2.39. The molecule has 2 aromatic rings. The topological polar surface area (TPSA) is 157 Å². The van der Waals surface area contributed by atoms with Crippen LogP contribution < -0.4 is 10.6 Å². The van der Waals surface area contributed by atoms with Crippen molar-refractivity contribution in [2.24, 2.45) is 0 Å². The fraction of sp³-hybridized carbons (Fsp3) is 0.522. The minimum absolute atomic E-state index is 0.0112. The minimum Gasteiger partial charge on any atom is -0.444 e. The van der Waals surface area contributed by atoms with Crippen LogP contribution in [0.1, 0.15) is 46.5 Å². The molecule has 2 fully saturated rings. The Morgan fingerprint density at radius 2 is 1.69 bits per heavy atom. The molecule has 12 nitrogen and oxygen atoms in total. The number of carbonyl (C=O) groups excluding carboxylic acids is 1. The molecular formula is C23H30N6O6S. The summed E-state index contributed by atoms with van der Waals surface area (Å²) < 4.78 is 28.9. The van der Waals surface area contributed by atoms with Gasteiger partial charge in [-0.3, -0.25) is 10.1 Å². The number of nitro groups is 1. The number of sulfone groups is 1. The van der Waals surface area contributed by atoms with Crippen LogP contribution >= 0.6 is 0 Å². The summed E-state index contributed by atoms with van der Waals surface area (Å²) in [6, 6.07) is 5.72. The fourth-order valence-electron chi connectivity index (χ4n) is 4.77. The van der Waals surface area contributed by atoms with Gasteiger partial charge in [-0.1, -0.05) is 0 Å². The first-order valence-electron chi connectivity index (χ1n) is 11.7. The molecular weight excluding hydrogens is 488 g/mol. The van der Waals surface area contributed by atoms with Gasteiger partial charge in [0.1, 0.15) is 11.9 Å². The number of anilines is 3. The SMILES string of the molecule is CC(C)(C)OC(=O)N1[C@H]2CC[C@H]1CC(Nc1ncnc(Nc3ccc(S(C)(=O)=O)cc3)c1[N+](=O)[O-])C2. The molecule has 2 N–H and O–H groups in total. The third-order valence-corrected chi connectivity index (χ3v) is 7.36. The molecule has 0 radical (unpaired) electrons. The second-order valence-corrected chi connectivity index (χ2v) is 12.2. The number of hydrogen-bond acceptors (Lipinski definition) is 10. The van der Waals surface area contributed by atoms with Crippen LogP contribution in [0.15, 0.2) is 35.5 Å². The van der Waals surface area contributed by atoms with E-state index in [9.17, 15) is 23.3 Å². The maximum Gasteiger partial charge on any atom is 0.410 e. The molecule has 36 heavy (non-hydrogen) atoms. The zero-order valence-corrected chi connectivity index (χ0v) is 21.4. The van der Waals surface area contributed by atoms with E-state index in [4.69, 9.17) is 4.74 Å². The van der Waals surface area contributed by atoms with Crippen molar-refractivity contribution in [3.8, 4) is 0 Å². The predicted molar refractivity (Wildman–Crippen MR) is 133 cm³/mol. The number of fused-ring (bicyclic) bond motifs is 2. The first-order valence-corrected chi connectivity index (χ1v) is 13.6. The van der Waals surface area contributed by atoms with Crippen LogP contribution in [0.5, 0.6) is 0 Å². The van der Waals surface area contributed by atoms with Gasteiger partial charge in [0, 0.05) is 30.1 Å². The standard InChI is InChI=1S/C23H30N6O6S/c1-23(2,3)35-22(30)28-16-7-8-17(28)12-15(11-16)27-21-19(29(31)32)20(24-13-25-21)26-14-5-9-18(10-6-14)36(4,33)34/h5-6,9-10,13,15-17H,7-8,11-12H2,1-4H3,(H2,24,25,26,27)/t16-,17-/m0/s1. The highest BCUT2D eigenvalue weighted by Gasteiger charge is 2.45. The van der Waals surface area contributed by atoms with Crippen molar-refractivity contribution in [1.29, 1.82) is 0 Å². The van der Waals surface area contributed by atoms with E-state index >= 15 is 0 Å². The van der Waals surface area contributed by atoms with Crippen molar-refractivity contribution >= 4 is 38.9 Å². The summed E-state index contributed by atoms with van der Waals surface area (Å²) in [6.07, 6.45) is 4.95. The molecule has 1 aromatic carbocycles. The van der Waals surface area contributed by atoms with E-state index in [-0.39, 0.29) is 46.4 Å². The Hall–Kier alpha value is -3.48. The third kappa shape index (κ3) is 5.66. The number of piperidine rings is 1. The minimum atomic E-state index is -3.36. The number of rotatable bonds is 6. The fourth-order valence-corrected chi connectivity index (χ4v) is 5.40. The van der Waals surface area contributed by atoms with E-state index in [1.54, 1.807) is 0 Å². The van der Waals surface area contributed by atoms with Crippen LogP contribution in [0.25, 0.3) is 0 Å². The van der Waals surface area contributed by atoms with Gasteiger partial charge in [-0.05, 0) is 70.7 Å². The summed E-state index contributed by atoms with van der Waals surface area (Å²) >= 11 is 0. The highest BCUT2D eigenvalue weighted by molar-refractivity contribution is 7.90. The molecule has 2 aliphatic heterocycles. The van der Waals surface area contributed by atoms with Crippen molar-refractivity contribution in [3.05, 3.63) is 40.7 Å². The number of nitrogens with one attached hydrogen (secondary N) is 2. The van der Waals surface area contributed by atoms with Gasteiger partial charge in [0.2, 0.25) is 11.6 Å². The van der Waals surface area contributed by atoms with E-state index < -0.39 is 20.4 Å². The summed E-state index contributed by atoms with van der Waals surface area (Å²) in [6.45, 7) is 5.50. The molecule has 3 heterocycles. The molecule has 0 aliphatic carbocycles. The van der Waals surface area contributed by atoms with Crippen molar-refractivity contribution in [1.82, 2.24) is 14.9 Å². The molecule has 2 aliphatic rings. The van der Waals surface area contributed by atoms with Gasteiger partial charge >= 0.3 is 11.8 Å². The second-order valence-electron chi connectivity index (χ2n) is 10.2. The molecule has 1 aromatic heterocycles. The molecule has 0 saturated carbocycles. The van der Waals surface area contributed by atoms with Crippen LogP contribution in [0.2, 0.25) is 0 Å². The van der Waals surface area contributed by atoms with Crippen molar-refractivity contribution in [3.63, 3.8) is 0 Å². The van der Waals surface area contributed by atoms with Gasteiger partial charge in [0.05, 0.1) is 9.82 Å². The molecule has 0 spiro atoms. The molecule has 13 heteroatoms. The van der Waals surface area contributed by atoms with Crippen molar-refractivity contribution in [2.75, 3.05) is 16.9 Å².